The number of aromatic amines is 1. The fourth-order valence-electron chi connectivity index (χ4n) is 3.37. The molecule has 0 aliphatic carbocycles. The molecule has 1 amide bonds. The Morgan fingerprint density at radius 3 is 2.49 bits per heavy atom. The van der Waals surface area contributed by atoms with Crippen molar-refractivity contribution in [2.75, 3.05) is 12.0 Å². The third kappa shape index (κ3) is 5.58. The lowest BCUT2D eigenvalue weighted by Gasteiger charge is -2.27. The maximum Gasteiger partial charge on any atom is 0.416 e. The van der Waals surface area contributed by atoms with Crippen molar-refractivity contribution in [3.05, 3.63) is 76.8 Å². The molecule has 0 unspecified atom stereocenters. The zero-order valence-electron chi connectivity index (χ0n) is 19.7. The van der Waals surface area contributed by atoms with Gasteiger partial charge in [-0.15, -0.1) is 0 Å². The van der Waals surface area contributed by atoms with E-state index >= 15 is 0 Å². The Morgan fingerprint density at radius 1 is 1.06 bits per heavy atom. The molecule has 4 aromatic heterocycles. The number of nitrogens with zero attached hydrogens (tertiary/aromatic N) is 4. The first-order valence-corrected chi connectivity index (χ1v) is 11.2. The molecular formula is C25H24ClN5O4. The van der Waals surface area contributed by atoms with Gasteiger partial charge in [-0.05, 0) is 44.5 Å². The lowest BCUT2D eigenvalue weighted by Crippen LogP contribution is -2.37. The van der Waals surface area contributed by atoms with Gasteiger partial charge in [-0.2, -0.15) is 0 Å². The summed E-state index contributed by atoms with van der Waals surface area (Å²) < 4.78 is 10.7. The lowest BCUT2D eigenvalue weighted by molar-refractivity contribution is 0.0576. The highest BCUT2D eigenvalue weighted by molar-refractivity contribution is 6.31. The first-order valence-electron chi connectivity index (χ1n) is 10.8. The molecular weight excluding hydrogens is 470 g/mol. The number of hydrogen-bond acceptors (Lipinski definition) is 7. The van der Waals surface area contributed by atoms with E-state index in [0.29, 0.717) is 38.9 Å². The average molecular weight is 494 g/mol. The molecule has 4 aromatic rings. The van der Waals surface area contributed by atoms with Crippen LogP contribution in [0, 0.1) is 0 Å². The predicted molar refractivity (Wildman–Crippen MR) is 132 cm³/mol. The number of halogens is 1. The molecule has 180 valence electrons. The number of ketones is 1. The van der Waals surface area contributed by atoms with E-state index in [0.717, 1.165) is 5.56 Å². The van der Waals surface area contributed by atoms with E-state index in [2.05, 4.69) is 19.9 Å². The standard InChI is InChI=1S/C25H24ClN5O4/c1-25(2,3)35-24(33)31(14-15-5-8-21(34-4)28-10-15)20-7-6-16(11-27-20)22(32)19-13-30-23-18(19)9-17(26)12-29-23/h5-13H,14H2,1-4H3,(H,29,30). The summed E-state index contributed by atoms with van der Waals surface area (Å²) in [5.74, 6) is 0.546. The number of ether oxygens (including phenoxy) is 2. The van der Waals surface area contributed by atoms with Crippen molar-refractivity contribution in [1.82, 2.24) is 19.9 Å². The van der Waals surface area contributed by atoms with E-state index in [4.69, 9.17) is 21.1 Å². The molecule has 4 rings (SSSR count). The molecule has 10 heteroatoms. The second kappa shape index (κ2) is 9.71. The number of nitrogens with one attached hydrogen (secondary N) is 1. The van der Waals surface area contributed by atoms with E-state index in [-0.39, 0.29) is 12.3 Å². The third-order valence-electron chi connectivity index (χ3n) is 4.99. The lowest BCUT2D eigenvalue weighted by atomic mass is 10.1. The van der Waals surface area contributed by atoms with Gasteiger partial charge >= 0.3 is 6.09 Å². The van der Waals surface area contributed by atoms with Crippen LogP contribution in [0.3, 0.4) is 0 Å². The highest BCUT2D eigenvalue weighted by Crippen LogP contribution is 2.24. The topological polar surface area (TPSA) is 110 Å². The summed E-state index contributed by atoms with van der Waals surface area (Å²) >= 11 is 6.05. The van der Waals surface area contributed by atoms with Crippen LogP contribution in [-0.2, 0) is 11.3 Å². The monoisotopic (exact) mass is 493 g/mol. The number of amides is 1. The molecule has 0 aromatic carbocycles. The van der Waals surface area contributed by atoms with Crippen LogP contribution in [-0.4, -0.2) is 44.5 Å². The zero-order valence-corrected chi connectivity index (χ0v) is 20.5. The van der Waals surface area contributed by atoms with Gasteiger partial charge in [-0.25, -0.2) is 19.7 Å². The Kier molecular flexibility index (Phi) is 6.70. The first-order chi connectivity index (χ1) is 16.6. The molecule has 0 saturated carbocycles. The Morgan fingerprint density at radius 2 is 1.86 bits per heavy atom. The Labute approximate surface area is 207 Å². The van der Waals surface area contributed by atoms with Crippen LogP contribution >= 0.6 is 11.6 Å². The SMILES string of the molecule is COc1ccc(CN(C(=O)OC(C)(C)C)c2ccc(C(=O)c3c[nH]c4ncc(Cl)cc34)cn2)cn1. The zero-order chi connectivity index (χ0) is 25.2. The van der Waals surface area contributed by atoms with E-state index < -0.39 is 11.7 Å². The van der Waals surface area contributed by atoms with Gasteiger partial charge in [0.1, 0.15) is 17.1 Å². The largest absolute Gasteiger partial charge is 0.481 e. The van der Waals surface area contributed by atoms with Crippen molar-refractivity contribution >= 4 is 40.3 Å². The maximum absolute atomic E-state index is 13.1. The van der Waals surface area contributed by atoms with Crippen molar-refractivity contribution in [1.29, 1.82) is 0 Å². The molecule has 9 nitrogen and oxygen atoms in total. The van der Waals surface area contributed by atoms with Gasteiger partial charge in [0.05, 0.1) is 18.7 Å². The van der Waals surface area contributed by atoms with E-state index in [1.54, 1.807) is 63.5 Å². The second-order valence-corrected chi connectivity index (χ2v) is 9.20. The smallest absolute Gasteiger partial charge is 0.416 e. The van der Waals surface area contributed by atoms with Gasteiger partial charge in [0.15, 0.2) is 5.78 Å². The number of carbonyl (C=O) groups is 2. The number of rotatable bonds is 6. The highest BCUT2D eigenvalue weighted by Gasteiger charge is 2.25. The minimum atomic E-state index is -0.700. The van der Waals surface area contributed by atoms with Crippen molar-refractivity contribution in [2.45, 2.75) is 32.9 Å². The maximum atomic E-state index is 13.1. The number of anilines is 1. The Bertz CT molecular complexity index is 1360. The summed E-state index contributed by atoms with van der Waals surface area (Å²) in [5, 5.41) is 1.05. The van der Waals surface area contributed by atoms with E-state index in [1.165, 1.54) is 24.4 Å². The molecule has 1 N–H and O–H groups in total. The quantitative estimate of drug-likeness (QED) is 0.368. The molecule has 0 saturated heterocycles. The number of pyridine rings is 3. The Balaban J connectivity index is 1.62. The van der Waals surface area contributed by atoms with Crippen LogP contribution in [0.15, 0.2) is 55.1 Å². The predicted octanol–water partition coefficient (Wildman–Crippen LogP) is 5.19. The van der Waals surface area contributed by atoms with Crippen LogP contribution in [0.5, 0.6) is 5.88 Å². The molecule has 0 radical (unpaired) electrons. The summed E-state index contributed by atoms with van der Waals surface area (Å²) in [5.41, 5.74) is 1.39. The van der Waals surface area contributed by atoms with Crippen molar-refractivity contribution < 1.29 is 19.1 Å². The minimum Gasteiger partial charge on any atom is -0.481 e. The first kappa shape index (κ1) is 24.2. The van der Waals surface area contributed by atoms with Gasteiger partial charge in [-0.3, -0.25) is 9.69 Å². The number of aromatic nitrogens is 4. The number of fused-ring (bicyclic) bond motifs is 1. The van der Waals surface area contributed by atoms with Gasteiger partial charge in [-0.1, -0.05) is 17.7 Å². The number of H-pyrrole nitrogens is 1. The van der Waals surface area contributed by atoms with Crippen LogP contribution in [0.2, 0.25) is 5.02 Å². The van der Waals surface area contributed by atoms with Gasteiger partial charge < -0.3 is 14.5 Å². The summed E-state index contributed by atoms with van der Waals surface area (Å²) in [7, 11) is 1.53. The molecule has 0 spiro atoms. The second-order valence-electron chi connectivity index (χ2n) is 8.76. The molecule has 0 fully saturated rings. The molecule has 0 bridgehead atoms. The molecule has 0 atom stereocenters. The van der Waals surface area contributed by atoms with Crippen LogP contribution in [0.25, 0.3) is 11.0 Å². The fraction of sp³-hybridized carbons (Fsp3) is 0.240. The average Bonchev–Trinajstić information content (AvgIpc) is 3.24. The van der Waals surface area contributed by atoms with Crippen LogP contribution < -0.4 is 9.64 Å². The highest BCUT2D eigenvalue weighted by atomic mass is 35.5. The minimum absolute atomic E-state index is 0.165. The number of carbonyl (C=O) groups excluding carboxylic acids is 2. The third-order valence-corrected chi connectivity index (χ3v) is 5.20. The van der Waals surface area contributed by atoms with Gasteiger partial charge in [0.25, 0.3) is 0 Å². The number of hydrogen-bond donors (Lipinski definition) is 1. The summed E-state index contributed by atoms with van der Waals surface area (Å²) in [6.07, 6.45) is 5.57. The van der Waals surface area contributed by atoms with Crippen LogP contribution in [0.1, 0.15) is 42.3 Å². The number of methoxy groups -OCH3 is 1. The van der Waals surface area contributed by atoms with Crippen molar-refractivity contribution in [3.63, 3.8) is 0 Å². The summed E-state index contributed by atoms with van der Waals surface area (Å²) in [4.78, 5) is 43.3. The van der Waals surface area contributed by atoms with Crippen molar-refractivity contribution in [2.24, 2.45) is 0 Å². The molecule has 35 heavy (non-hydrogen) atoms. The van der Waals surface area contributed by atoms with Crippen LogP contribution in [0.4, 0.5) is 10.6 Å². The normalized spacial score (nSPS) is 11.3. The van der Waals surface area contributed by atoms with E-state index in [9.17, 15) is 9.59 Å². The van der Waals surface area contributed by atoms with Crippen molar-refractivity contribution in [3.8, 4) is 5.88 Å². The van der Waals surface area contributed by atoms with E-state index in [1.807, 2.05) is 0 Å². The molecule has 0 aliphatic heterocycles. The Hall–Kier alpha value is -3.98. The summed E-state index contributed by atoms with van der Waals surface area (Å²) in [6, 6.07) is 8.42. The molecule has 0 aliphatic rings. The molecule has 4 heterocycles. The van der Waals surface area contributed by atoms with Gasteiger partial charge in [0, 0.05) is 47.4 Å². The van der Waals surface area contributed by atoms with Gasteiger partial charge in [0.2, 0.25) is 5.88 Å². The summed E-state index contributed by atoms with van der Waals surface area (Å²) in [6.45, 7) is 5.53. The fourth-order valence-corrected chi connectivity index (χ4v) is 3.52.